The van der Waals surface area contributed by atoms with E-state index >= 15 is 0 Å². The molecule has 1 fully saturated rings. The third kappa shape index (κ3) is 7.70. The number of hydrogen-bond acceptors (Lipinski definition) is 11. The largest absolute Gasteiger partial charge is 0.462 e. The first-order chi connectivity index (χ1) is 17.4. The van der Waals surface area contributed by atoms with Crippen LogP contribution in [-0.4, -0.2) is 68.3 Å². The number of fused-ring (bicyclic) bond motifs is 1. The smallest absolute Gasteiger partial charge is 0.332 e. The summed E-state index contributed by atoms with van der Waals surface area (Å²) in [5.41, 5.74) is 5.68. The van der Waals surface area contributed by atoms with Crippen LogP contribution in [0.2, 0.25) is 0 Å². The van der Waals surface area contributed by atoms with Crippen LogP contribution in [0.15, 0.2) is 12.7 Å². The van der Waals surface area contributed by atoms with Crippen molar-refractivity contribution in [1.82, 2.24) is 24.6 Å². The molecule has 0 bridgehead atoms. The number of hydrogen-bond donors (Lipinski definition) is 2. The Morgan fingerprint density at radius 3 is 2.43 bits per heavy atom. The van der Waals surface area contributed by atoms with Crippen molar-refractivity contribution in [2.45, 2.75) is 90.7 Å². The Balaban J connectivity index is 1.74. The van der Waals surface area contributed by atoms with Crippen LogP contribution in [0, 0.1) is 0 Å². The van der Waals surface area contributed by atoms with E-state index in [0.29, 0.717) is 30.6 Å². The monoisotopic (exact) mass is 540 g/mol. The summed E-state index contributed by atoms with van der Waals surface area (Å²) in [6, 6.07) is 0. The van der Waals surface area contributed by atoms with E-state index in [2.05, 4.69) is 20.0 Å². The molecule has 2 heterocycles. The van der Waals surface area contributed by atoms with Crippen LogP contribution in [0.1, 0.15) is 60.3 Å². The summed E-state index contributed by atoms with van der Waals surface area (Å²) in [4.78, 5) is 37.5. The maximum atomic E-state index is 14.0. The number of nitrogen functional groups attached to an aromatic ring is 1. The van der Waals surface area contributed by atoms with Crippen molar-refractivity contribution in [3.8, 4) is 0 Å². The van der Waals surface area contributed by atoms with Crippen molar-refractivity contribution in [2.24, 2.45) is 0 Å². The van der Waals surface area contributed by atoms with Crippen molar-refractivity contribution in [3.05, 3.63) is 12.7 Å². The standard InChI is InChI=1S/C23H37N6O7P/c1-15(2)35-18(30)11-34-37(32,28-23(8-6-7-9-23)22(31)36-16(3)4)14-33-17(5)10-29-13-27-19-20(24)25-12-26-21(19)29/h12-13,15-17H,6-11,14H2,1-5H3,(H,28,32)(H2,24,25,26)/t17-,37+/m1/s1. The molecule has 0 unspecified atom stereocenters. The second-order valence-corrected chi connectivity index (χ2v) is 11.9. The topological polar surface area (TPSA) is 170 Å². The molecule has 1 aliphatic carbocycles. The number of imidazole rings is 1. The summed E-state index contributed by atoms with van der Waals surface area (Å²) in [7, 11) is -3.87. The van der Waals surface area contributed by atoms with Crippen LogP contribution < -0.4 is 10.8 Å². The molecule has 3 rings (SSSR count). The van der Waals surface area contributed by atoms with Crippen molar-refractivity contribution in [2.75, 3.05) is 18.7 Å². The SMILES string of the molecule is CC(C)OC(=O)CO[P@@](=O)(CO[C@H](C)Cn1cnc2c(N)ncnc21)NC1(C(=O)OC(C)C)CCCC1. The van der Waals surface area contributed by atoms with E-state index in [1.54, 1.807) is 45.5 Å². The van der Waals surface area contributed by atoms with Crippen molar-refractivity contribution in [3.63, 3.8) is 0 Å². The van der Waals surface area contributed by atoms with Gasteiger partial charge in [-0.05, 0) is 47.5 Å². The number of anilines is 1. The van der Waals surface area contributed by atoms with Gasteiger partial charge in [-0.15, -0.1) is 0 Å². The first-order valence-electron chi connectivity index (χ1n) is 12.4. The highest BCUT2D eigenvalue weighted by Crippen LogP contribution is 2.48. The summed E-state index contributed by atoms with van der Waals surface area (Å²) in [6.07, 6.45) is 3.75. The van der Waals surface area contributed by atoms with Gasteiger partial charge in [0.1, 0.15) is 23.7 Å². The lowest BCUT2D eigenvalue weighted by atomic mass is 10.00. The van der Waals surface area contributed by atoms with E-state index in [4.69, 9.17) is 24.5 Å². The minimum Gasteiger partial charge on any atom is -0.462 e. The maximum absolute atomic E-state index is 14.0. The number of carbonyl (C=O) groups is 2. The molecule has 0 aromatic carbocycles. The van der Waals surface area contributed by atoms with Crippen molar-refractivity contribution in [1.29, 1.82) is 0 Å². The molecule has 1 saturated carbocycles. The first-order valence-corrected chi connectivity index (χ1v) is 14.2. The van der Waals surface area contributed by atoms with Gasteiger partial charge in [-0.3, -0.25) is 9.36 Å². The lowest BCUT2D eigenvalue weighted by Gasteiger charge is -2.33. The van der Waals surface area contributed by atoms with Gasteiger partial charge in [0.25, 0.3) is 7.52 Å². The molecule has 0 aliphatic heterocycles. The highest BCUT2D eigenvalue weighted by atomic mass is 31.2. The molecule has 0 amide bonds. The number of rotatable bonds is 13. The minimum atomic E-state index is -3.87. The van der Waals surface area contributed by atoms with Crippen LogP contribution in [0.25, 0.3) is 11.2 Å². The highest BCUT2D eigenvalue weighted by Gasteiger charge is 2.48. The van der Waals surface area contributed by atoms with Gasteiger partial charge in [-0.25, -0.2) is 24.8 Å². The fraction of sp³-hybridized carbons (Fsp3) is 0.696. The lowest BCUT2D eigenvalue weighted by Crippen LogP contribution is -2.50. The van der Waals surface area contributed by atoms with Gasteiger partial charge in [0.05, 0.1) is 31.2 Å². The summed E-state index contributed by atoms with van der Waals surface area (Å²) in [6.45, 7) is 8.46. The van der Waals surface area contributed by atoms with Crippen LogP contribution in [-0.2, 0) is 39.4 Å². The highest BCUT2D eigenvalue weighted by molar-refractivity contribution is 7.56. The molecule has 3 N–H and O–H groups in total. The third-order valence-electron chi connectivity index (χ3n) is 5.75. The Kier molecular flexibility index (Phi) is 9.63. The zero-order chi connectivity index (χ0) is 27.2. The van der Waals surface area contributed by atoms with Gasteiger partial charge in [0, 0.05) is 0 Å². The van der Waals surface area contributed by atoms with Crippen LogP contribution >= 0.6 is 7.52 Å². The molecule has 13 nitrogen and oxygen atoms in total. The summed E-state index contributed by atoms with van der Waals surface area (Å²) in [5.74, 6) is -0.899. The summed E-state index contributed by atoms with van der Waals surface area (Å²) in [5, 5.41) is 2.94. The molecule has 2 atom stereocenters. The quantitative estimate of drug-likeness (QED) is 0.282. The zero-order valence-corrected chi connectivity index (χ0v) is 22.9. The number of esters is 2. The minimum absolute atomic E-state index is 0.267. The van der Waals surface area contributed by atoms with E-state index in [9.17, 15) is 14.2 Å². The molecule has 0 radical (unpaired) electrons. The Morgan fingerprint density at radius 2 is 1.78 bits per heavy atom. The van der Waals surface area contributed by atoms with Crippen LogP contribution in [0.3, 0.4) is 0 Å². The number of ether oxygens (including phenoxy) is 3. The van der Waals surface area contributed by atoms with E-state index < -0.39 is 37.7 Å². The van der Waals surface area contributed by atoms with E-state index in [-0.39, 0.29) is 24.4 Å². The predicted molar refractivity (Wildman–Crippen MR) is 135 cm³/mol. The van der Waals surface area contributed by atoms with Crippen molar-refractivity contribution < 1.29 is 32.9 Å². The van der Waals surface area contributed by atoms with Gasteiger partial charge in [0.2, 0.25) is 0 Å². The third-order valence-corrected chi connectivity index (χ3v) is 7.55. The van der Waals surface area contributed by atoms with Gasteiger partial charge < -0.3 is 29.0 Å². The van der Waals surface area contributed by atoms with Gasteiger partial charge in [-0.1, -0.05) is 12.8 Å². The maximum Gasteiger partial charge on any atom is 0.332 e. The number of aromatic nitrogens is 4. The second-order valence-electron chi connectivity index (χ2n) is 9.77. The van der Waals surface area contributed by atoms with Crippen LogP contribution in [0.5, 0.6) is 0 Å². The van der Waals surface area contributed by atoms with Crippen LogP contribution in [0.4, 0.5) is 5.82 Å². The van der Waals surface area contributed by atoms with Gasteiger partial charge in [-0.2, -0.15) is 0 Å². The molecule has 14 heteroatoms. The normalized spacial score (nSPS) is 17.7. The molecule has 206 valence electrons. The molecule has 1 aliphatic rings. The first kappa shape index (κ1) is 29.0. The van der Waals surface area contributed by atoms with Crippen molar-refractivity contribution >= 4 is 36.4 Å². The molecule has 0 spiro atoms. The fourth-order valence-corrected chi connectivity index (χ4v) is 6.07. The number of nitrogens with two attached hydrogens (primary N) is 1. The molecular formula is C23H37N6O7P. The Labute approximate surface area is 216 Å². The summed E-state index contributed by atoms with van der Waals surface area (Å²) >= 11 is 0. The molecule has 2 aromatic heterocycles. The molecule has 2 aromatic rings. The lowest BCUT2D eigenvalue weighted by molar-refractivity contribution is -0.154. The predicted octanol–water partition coefficient (Wildman–Crippen LogP) is 2.79. The fourth-order valence-electron chi connectivity index (χ4n) is 4.14. The molecular weight excluding hydrogens is 503 g/mol. The second kappa shape index (κ2) is 12.3. The Hall–Kier alpha value is -2.60. The van der Waals surface area contributed by atoms with Gasteiger partial charge in [0.15, 0.2) is 18.1 Å². The number of nitrogens with one attached hydrogen (secondary N) is 1. The Bertz CT molecular complexity index is 1130. The molecule has 37 heavy (non-hydrogen) atoms. The number of carbonyl (C=O) groups excluding carboxylic acids is 2. The average Bonchev–Trinajstić information content (AvgIpc) is 3.45. The van der Waals surface area contributed by atoms with E-state index in [0.717, 1.165) is 12.8 Å². The number of nitrogens with zero attached hydrogens (tertiary/aromatic N) is 4. The van der Waals surface area contributed by atoms with E-state index in [1.807, 2.05) is 0 Å². The average molecular weight is 541 g/mol. The molecule has 0 saturated heterocycles. The van der Waals surface area contributed by atoms with E-state index in [1.165, 1.54) is 6.33 Å². The summed E-state index contributed by atoms with van der Waals surface area (Å²) < 4.78 is 37.8. The Morgan fingerprint density at radius 1 is 1.11 bits per heavy atom. The van der Waals surface area contributed by atoms with Gasteiger partial charge >= 0.3 is 11.9 Å². The zero-order valence-electron chi connectivity index (χ0n) is 22.0.